The first-order chi connectivity index (χ1) is 11.3. The Kier molecular flexibility index (Phi) is 14.8. The molecule has 0 atom stereocenters. The van der Waals surface area contributed by atoms with E-state index in [1.165, 1.54) is 0 Å². The molecule has 0 fully saturated rings. The van der Waals surface area contributed by atoms with Crippen molar-refractivity contribution in [3.63, 3.8) is 0 Å². The average molecular weight is 451 g/mol. The number of nitrogens with one attached hydrogen (secondary N) is 2. The van der Waals surface area contributed by atoms with E-state index in [1.54, 1.807) is 21.3 Å². The van der Waals surface area contributed by atoms with Crippen LogP contribution in [0.1, 0.15) is 18.4 Å². The van der Waals surface area contributed by atoms with E-state index in [9.17, 15) is 0 Å². The summed E-state index contributed by atoms with van der Waals surface area (Å²) in [6.07, 6.45) is 2.05. The number of hydrogen-bond donors (Lipinski definition) is 2. The molecule has 24 heavy (non-hydrogen) atoms. The highest BCUT2D eigenvalue weighted by Gasteiger charge is 1.99. The van der Waals surface area contributed by atoms with Gasteiger partial charge in [0.05, 0.1) is 20.3 Å². The van der Waals surface area contributed by atoms with Crippen LogP contribution in [0.4, 0.5) is 0 Å². The molecule has 0 radical (unpaired) electrons. The van der Waals surface area contributed by atoms with Gasteiger partial charge in [-0.3, -0.25) is 4.99 Å². The minimum Gasteiger partial charge on any atom is -0.497 e. The minimum absolute atomic E-state index is 0. The van der Waals surface area contributed by atoms with Crippen molar-refractivity contribution in [2.24, 2.45) is 4.99 Å². The second-order valence-corrected chi connectivity index (χ2v) is 5.02. The Balaban J connectivity index is 0.00000529. The summed E-state index contributed by atoms with van der Waals surface area (Å²) in [5, 5.41) is 6.59. The molecular formula is C17H30IN3O3. The fraction of sp³-hybridized carbons (Fsp3) is 0.588. The predicted molar refractivity (Wildman–Crippen MR) is 109 cm³/mol. The normalized spacial score (nSPS) is 10.9. The number of benzene rings is 1. The van der Waals surface area contributed by atoms with Gasteiger partial charge in [-0.25, -0.2) is 0 Å². The largest absolute Gasteiger partial charge is 0.497 e. The van der Waals surface area contributed by atoms with Crippen molar-refractivity contribution in [1.29, 1.82) is 0 Å². The van der Waals surface area contributed by atoms with Crippen LogP contribution in [0.5, 0.6) is 5.75 Å². The Labute approximate surface area is 162 Å². The van der Waals surface area contributed by atoms with Crippen molar-refractivity contribution in [2.75, 3.05) is 47.6 Å². The fourth-order valence-corrected chi connectivity index (χ4v) is 1.97. The maximum absolute atomic E-state index is 5.42. The lowest BCUT2D eigenvalue weighted by molar-refractivity contribution is 0.0689. The second-order valence-electron chi connectivity index (χ2n) is 5.02. The SMILES string of the molecule is CN=C(NCCCCOCCOC)NCc1cccc(OC)c1.I. The number of halogens is 1. The van der Waals surface area contributed by atoms with Gasteiger partial charge < -0.3 is 24.8 Å². The number of methoxy groups -OCH3 is 2. The third kappa shape index (κ3) is 10.7. The molecule has 1 aromatic carbocycles. The highest BCUT2D eigenvalue weighted by Crippen LogP contribution is 2.11. The number of guanidine groups is 1. The molecule has 7 heteroatoms. The topological polar surface area (TPSA) is 64.1 Å². The lowest BCUT2D eigenvalue weighted by atomic mass is 10.2. The molecule has 0 aliphatic carbocycles. The zero-order chi connectivity index (χ0) is 16.8. The highest BCUT2D eigenvalue weighted by atomic mass is 127. The molecular weight excluding hydrogens is 421 g/mol. The van der Waals surface area contributed by atoms with Crippen LogP contribution >= 0.6 is 24.0 Å². The van der Waals surface area contributed by atoms with Gasteiger partial charge in [0, 0.05) is 33.9 Å². The lowest BCUT2D eigenvalue weighted by Gasteiger charge is -2.12. The van der Waals surface area contributed by atoms with Crippen LogP contribution in [0.25, 0.3) is 0 Å². The number of ether oxygens (including phenoxy) is 3. The standard InChI is InChI=1S/C17H29N3O3.HI/c1-18-17(19-9-4-5-10-23-12-11-21-2)20-14-15-7-6-8-16(13-15)22-3;/h6-8,13H,4-5,9-12,14H2,1-3H3,(H2,18,19,20);1H. The minimum atomic E-state index is 0. The molecule has 0 unspecified atom stereocenters. The summed E-state index contributed by atoms with van der Waals surface area (Å²) >= 11 is 0. The first kappa shape index (κ1) is 22.9. The molecule has 0 aliphatic heterocycles. The molecule has 0 heterocycles. The van der Waals surface area contributed by atoms with E-state index in [-0.39, 0.29) is 24.0 Å². The summed E-state index contributed by atoms with van der Waals surface area (Å²) in [6, 6.07) is 7.98. The number of nitrogens with zero attached hydrogens (tertiary/aromatic N) is 1. The Morgan fingerprint density at radius 3 is 2.62 bits per heavy atom. The first-order valence-electron chi connectivity index (χ1n) is 7.94. The van der Waals surface area contributed by atoms with E-state index < -0.39 is 0 Å². The third-order valence-electron chi connectivity index (χ3n) is 3.26. The summed E-state index contributed by atoms with van der Waals surface area (Å²) in [5.74, 6) is 1.66. The van der Waals surface area contributed by atoms with Crippen LogP contribution < -0.4 is 15.4 Å². The van der Waals surface area contributed by atoms with Crippen molar-refractivity contribution >= 4 is 29.9 Å². The van der Waals surface area contributed by atoms with Crippen LogP contribution in [0.15, 0.2) is 29.3 Å². The molecule has 0 aliphatic rings. The first-order valence-corrected chi connectivity index (χ1v) is 7.94. The summed E-state index contributed by atoms with van der Waals surface area (Å²) < 4.78 is 15.6. The van der Waals surface area contributed by atoms with E-state index >= 15 is 0 Å². The Morgan fingerprint density at radius 1 is 1.08 bits per heavy atom. The molecule has 1 rings (SSSR count). The number of hydrogen-bond acceptors (Lipinski definition) is 4. The molecule has 0 amide bonds. The zero-order valence-electron chi connectivity index (χ0n) is 14.8. The van der Waals surface area contributed by atoms with Gasteiger partial charge in [-0.15, -0.1) is 24.0 Å². The number of aliphatic imine (C=N–C) groups is 1. The lowest BCUT2D eigenvalue weighted by Crippen LogP contribution is -2.37. The molecule has 0 spiro atoms. The quantitative estimate of drug-likeness (QED) is 0.234. The van der Waals surface area contributed by atoms with E-state index in [1.807, 2.05) is 18.2 Å². The number of rotatable bonds is 11. The number of unbranched alkanes of at least 4 members (excludes halogenated alkanes) is 1. The van der Waals surface area contributed by atoms with Gasteiger partial charge in [0.15, 0.2) is 5.96 Å². The summed E-state index contributed by atoms with van der Waals surface area (Å²) in [4.78, 5) is 4.22. The van der Waals surface area contributed by atoms with Crippen molar-refractivity contribution in [3.05, 3.63) is 29.8 Å². The zero-order valence-corrected chi connectivity index (χ0v) is 17.2. The average Bonchev–Trinajstić information content (AvgIpc) is 2.60. The molecule has 0 saturated heterocycles. The van der Waals surface area contributed by atoms with Gasteiger partial charge in [0.25, 0.3) is 0 Å². The summed E-state index contributed by atoms with van der Waals surface area (Å²) in [6.45, 7) is 3.65. The molecule has 138 valence electrons. The van der Waals surface area contributed by atoms with Crippen LogP contribution in [0, 0.1) is 0 Å². The fourth-order valence-electron chi connectivity index (χ4n) is 1.97. The summed E-state index contributed by atoms with van der Waals surface area (Å²) in [7, 11) is 5.12. The van der Waals surface area contributed by atoms with Crippen LogP contribution in [0.2, 0.25) is 0 Å². The Bertz CT molecular complexity index is 458. The molecule has 1 aromatic rings. The molecule has 2 N–H and O–H groups in total. The maximum Gasteiger partial charge on any atom is 0.191 e. The maximum atomic E-state index is 5.42. The van der Waals surface area contributed by atoms with Gasteiger partial charge in [0.2, 0.25) is 0 Å². The Hall–Kier alpha value is -1.06. The highest BCUT2D eigenvalue weighted by molar-refractivity contribution is 14.0. The van der Waals surface area contributed by atoms with Crippen molar-refractivity contribution in [3.8, 4) is 5.75 Å². The second kappa shape index (κ2) is 15.5. The molecule has 6 nitrogen and oxygen atoms in total. The third-order valence-corrected chi connectivity index (χ3v) is 3.26. The van der Waals surface area contributed by atoms with Crippen LogP contribution in [-0.2, 0) is 16.0 Å². The molecule has 0 saturated carbocycles. The van der Waals surface area contributed by atoms with Crippen molar-refractivity contribution < 1.29 is 14.2 Å². The van der Waals surface area contributed by atoms with Crippen molar-refractivity contribution in [2.45, 2.75) is 19.4 Å². The van der Waals surface area contributed by atoms with E-state index in [4.69, 9.17) is 14.2 Å². The molecule has 0 aromatic heterocycles. The van der Waals surface area contributed by atoms with Gasteiger partial charge in [0.1, 0.15) is 5.75 Å². The van der Waals surface area contributed by atoms with Gasteiger partial charge in [-0.05, 0) is 30.5 Å². The van der Waals surface area contributed by atoms with Crippen LogP contribution in [0.3, 0.4) is 0 Å². The molecule has 0 bridgehead atoms. The van der Waals surface area contributed by atoms with E-state index in [0.29, 0.717) is 19.8 Å². The van der Waals surface area contributed by atoms with Crippen molar-refractivity contribution in [1.82, 2.24) is 10.6 Å². The Morgan fingerprint density at radius 2 is 1.92 bits per heavy atom. The monoisotopic (exact) mass is 451 g/mol. The van der Waals surface area contributed by atoms with Gasteiger partial charge in [-0.1, -0.05) is 12.1 Å². The van der Waals surface area contributed by atoms with Crippen LogP contribution in [-0.4, -0.2) is 53.6 Å². The summed E-state index contributed by atoms with van der Waals surface area (Å²) in [5.41, 5.74) is 1.15. The van der Waals surface area contributed by atoms with E-state index in [2.05, 4.69) is 21.7 Å². The predicted octanol–water partition coefficient (Wildman–Crippen LogP) is 2.42. The van der Waals surface area contributed by atoms with Gasteiger partial charge in [-0.2, -0.15) is 0 Å². The van der Waals surface area contributed by atoms with Gasteiger partial charge >= 0.3 is 0 Å². The van der Waals surface area contributed by atoms with E-state index in [0.717, 1.165) is 43.3 Å². The smallest absolute Gasteiger partial charge is 0.191 e.